The van der Waals surface area contributed by atoms with Crippen molar-refractivity contribution >= 4 is 52.0 Å². The van der Waals surface area contributed by atoms with E-state index in [2.05, 4.69) is 4.98 Å². The molecular formula is C22H14Cl2N4. The van der Waals surface area contributed by atoms with Crippen molar-refractivity contribution in [2.45, 2.75) is 0 Å². The van der Waals surface area contributed by atoms with Crippen LogP contribution in [0.4, 0.5) is 5.82 Å². The number of hydrogen-bond donors (Lipinski definition) is 1. The Morgan fingerprint density at radius 1 is 0.893 bits per heavy atom. The molecular weight excluding hydrogens is 391 g/mol. The second kappa shape index (κ2) is 6.82. The van der Waals surface area contributed by atoms with Crippen molar-refractivity contribution in [3.05, 3.63) is 88.4 Å². The first-order valence-electron chi connectivity index (χ1n) is 8.74. The number of benzene rings is 3. The molecule has 0 amide bonds. The number of aliphatic imine (C=N–C) groups is 1. The minimum atomic E-state index is 0.656. The van der Waals surface area contributed by atoms with E-state index in [1.54, 1.807) is 6.21 Å². The Morgan fingerprint density at radius 2 is 1.68 bits per heavy atom. The molecule has 0 spiro atoms. The largest absolute Gasteiger partial charge is 0.323 e. The maximum atomic E-state index is 6.21. The molecule has 0 aliphatic rings. The zero-order valence-corrected chi connectivity index (χ0v) is 16.1. The van der Waals surface area contributed by atoms with E-state index in [0.29, 0.717) is 10.0 Å². The first-order valence-corrected chi connectivity index (χ1v) is 9.49. The van der Waals surface area contributed by atoms with Crippen LogP contribution in [0.3, 0.4) is 0 Å². The van der Waals surface area contributed by atoms with E-state index in [1.807, 2.05) is 77.2 Å². The average Bonchev–Trinajstić information content (AvgIpc) is 3.22. The Balaban J connectivity index is 1.76. The molecule has 2 heterocycles. The van der Waals surface area contributed by atoms with E-state index in [1.165, 1.54) is 0 Å². The third kappa shape index (κ3) is 2.97. The second-order valence-electron chi connectivity index (χ2n) is 6.41. The minimum absolute atomic E-state index is 0.656. The number of rotatable bonds is 3. The predicted molar refractivity (Wildman–Crippen MR) is 116 cm³/mol. The molecule has 0 bridgehead atoms. The van der Waals surface area contributed by atoms with Gasteiger partial charge in [-0.1, -0.05) is 59.6 Å². The predicted octanol–water partition coefficient (Wildman–Crippen LogP) is 6.54. The standard InChI is InChI=1S/C22H14Cl2N4/c23-16-7-3-5-14(11-16)13-25-21-20(15-6-4-8-17(24)12-15)27-22-26-18-9-1-2-10-19(18)28(21)22/h1-13H,(H,26,27)/b25-13+. The molecule has 0 radical (unpaired) electrons. The number of halogens is 2. The van der Waals surface area contributed by atoms with Crippen LogP contribution in [-0.2, 0) is 0 Å². The number of imidazole rings is 2. The fourth-order valence-electron chi connectivity index (χ4n) is 3.29. The lowest BCUT2D eigenvalue weighted by Gasteiger charge is -2.02. The Morgan fingerprint density at radius 3 is 2.50 bits per heavy atom. The number of aromatic nitrogens is 3. The first kappa shape index (κ1) is 17.0. The van der Waals surface area contributed by atoms with Gasteiger partial charge in [0.05, 0.1) is 11.0 Å². The first-order chi connectivity index (χ1) is 13.7. The molecule has 2 aromatic heterocycles. The van der Waals surface area contributed by atoms with Crippen molar-refractivity contribution in [3.8, 4) is 11.3 Å². The lowest BCUT2D eigenvalue weighted by molar-refractivity contribution is 1.22. The van der Waals surface area contributed by atoms with Gasteiger partial charge < -0.3 is 4.98 Å². The third-order valence-electron chi connectivity index (χ3n) is 4.53. The summed E-state index contributed by atoms with van der Waals surface area (Å²) < 4.78 is 2.02. The number of nitrogens with one attached hydrogen (secondary N) is 1. The van der Waals surface area contributed by atoms with E-state index < -0.39 is 0 Å². The summed E-state index contributed by atoms with van der Waals surface area (Å²) in [4.78, 5) is 12.9. The summed E-state index contributed by atoms with van der Waals surface area (Å²) in [5.41, 5.74) is 4.60. The van der Waals surface area contributed by atoms with Crippen molar-refractivity contribution in [2.75, 3.05) is 0 Å². The number of aromatic amines is 1. The molecule has 0 saturated heterocycles. The van der Waals surface area contributed by atoms with E-state index in [-0.39, 0.29) is 0 Å². The molecule has 5 rings (SSSR count). The zero-order chi connectivity index (χ0) is 19.1. The SMILES string of the molecule is Clc1cccc(/C=N/c2c(-c3cccc(Cl)c3)nc3[nH]c4ccccc4n23)c1. The van der Waals surface area contributed by atoms with Crippen LogP contribution in [0.5, 0.6) is 0 Å². The molecule has 0 aliphatic heterocycles. The molecule has 28 heavy (non-hydrogen) atoms. The third-order valence-corrected chi connectivity index (χ3v) is 5.00. The van der Waals surface area contributed by atoms with Crippen LogP contribution in [-0.4, -0.2) is 20.6 Å². The van der Waals surface area contributed by atoms with Crippen LogP contribution < -0.4 is 0 Å². The van der Waals surface area contributed by atoms with Crippen LogP contribution in [0.15, 0.2) is 77.8 Å². The highest BCUT2D eigenvalue weighted by molar-refractivity contribution is 6.31. The average molecular weight is 405 g/mol. The Kier molecular flexibility index (Phi) is 4.15. The molecule has 3 aromatic carbocycles. The quantitative estimate of drug-likeness (QED) is 0.341. The Bertz CT molecular complexity index is 1350. The van der Waals surface area contributed by atoms with Gasteiger partial charge in [-0.05, 0) is 42.0 Å². The minimum Gasteiger partial charge on any atom is -0.323 e. The van der Waals surface area contributed by atoms with Gasteiger partial charge in [-0.3, -0.25) is 4.40 Å². The summed E-state index contributed by atoms with van der Waals surface area (Å²) in [5, 5.41) is 1.33. The number of fused-ring (bicyclic) bond motifs is 3. The highest BCUT2D eigenvalue weighted by Crippen LogP contribution is 2.34. The van der Waals surface area contributed by atoms with Crippen molar-refractivity contribution < 1.29 is 0 Å². The maximum absolute atomic E-state index is 6.21. The fourth-order valence-corrected chi connectivity index (χ4v) is 3.68. The van der Waals surface area contributed by atoms with Gasteiger partial charge in [0.25, 0.3) is 0 Å². The van der Waals surface area contributed by atoms with Crippen molar-refractivity contribution in [3.63, 3.8) is 0 Å². The van der Waals surface area contributed by atoms with Gasteiger partial charge in [-0.25, -0.2) is 9.98 Å². The summed E-state index contributed by atoms with van der Waals surface area (Å²) in [5.74, 6) is 1.46. The van der Waals surface area contributed by atoms with Crippen LogP contribution in [0, 0.1) is 0 Å². The lowest BCUT2D eigenvalue weighted by atomic mass is 10.1. The number of hydrogen-bond acceptors (Lipinski definition) is 2. The molecule has 0 unspecified atom stereocenters. The van der Waals surface area contributed by atoms with Crippen LogP contribution in [0.1, 0.15) is 5.56 Å². The molecule has 136 valence electrons. The second-order valence-corrected chi connectivity index (χ2v) is 7.28. The van der Waals surface area contributed by atoms with Gasteiger partial charge in [0, 0.05) is 21.8 Å². The molecule has 5 aromatic rings. The van der Waals surface area contributed by atoms with Crippen molar-refractivity contribution in [1.29, 1.82) is 0 Å². The molecule has 0 atom stereocenters. The fraction of sp³-hybridized carbons (Fsp3) is 0. The van der Waals surface area contributed by atoms with Crippen LogP contribution in [0.25, 0.3) is 28.1 Å². The molecule has 0 fully saturated rings. The van der Waals surface area contributed by atoms with Gasteiger partial charge >= 0.3 is 0 Å². The Hall–Kier alpha value is -3.08. The van der Waals surface area contributed by atoms with E-state index in [4.69, 9.17) is 33.2 Å². The number of H-pyrrole nitrogens is 1. The summed E-state index contributed by atoms with van der Waals surface area (Å²) in [6, 6.07) is 23.3. The zero-order valence-electron chi connectivity index (χ0n) is 14.6. The van der Waals surface area contributed by atoms with E-state index in [0.717, 1.165) is 39.4 Å². The summed E-state index contributed by atoms with van der Waals surface area (Å²) in [6.07, 6.45) is 1.80. The number of para-hydroxylation sites is 2. The van der Waals surface area contributed by atoms with Gasteiger partial charge in [0.15, 0.2) is 5.82 Å². The summed E-state index contributed by atoms with van der Waals surface area (Å²) in [6.45, 7) is 0. The number of nitrogens with zero attached hydrogens (tertiary/aromatic N) is 3. The maximum Gasteiger partial charge on any atom is 0.214 e. The van der Waals surface area contributed by atoms with Gasteiger partial charge in [0.2, 0.25) is 5.78 Å². The molecule has 4 nitrogen and oxygen atoms in total. The molecule has 0 saturated carbocycles. The van der Waals surface area contributed by atoms with Gasteiger partial charge in [-0.15, -0.1) is 0 Å². The molecule has 6 heteroatoms. The van der Waals surface area contributed by atoms with Gasteiger partial charge in [0.1, 0.15) is 5.69 Å². The molecule has 0 aliphatic carbocycles. The van der Waals surface area contributed by atoms with E-state index in [9.17, 15) is 0 Å². The highest BCUT2D eigenvalue weighted by atomic mass is 35.5. The monoisotopic (exact) mass is 404 g/mol. The highest BCUT2D eigenvalue weighted by Gasteiger charge is 2.17. The van der Waals surface area contributed by atoms with E-state index >= 15 is 0 Å². The van der Waals surface area contributed by atoms with Gasteiger partial charge in [-0.2, -0.15) is 0 Å². The summed E-state index contributed by atoms with van der Waals surface area (Å²) >= 11 is 12.3. The van der Waals surface area contributed by atoms with Crippen LogP contribution >= 0.6 is 23.2 Å². The molecule has 1 N–H and O–H groups in total. The van der Waals surface area contributed by atoms with Crippen molar-refractivity contribution in [2.24, 2.45) is 4.99 Å². The normalized spacial score (nSPS) is 11.8. The summed E-state index contributed by atoms with van der Waals surface area (Å²) in [7, 11) is 0. The topological polar surface area (TPSA) is 45.5 Å². The lowest BCUT2D eigenvalue weighted by Crippen LogP contribution is -1.85. The Labute approximate surface area is 171 Å². The van der Waals surface area contributed by atoms with Crippen LogP contribution in [0.2, 0.25) is 10.0 Å². The smallest absolute Gasteiger partial charge is 0.214 e. The van der Waals surface area contributed by atoms with Crippen molar-refractivity contribution in [1.82, 2.24) is 14.4 Å².